The van der Waals surface area contributed by atoms with Crippen LogP contribution >= 0.6 is 0 Å². The van der Waals surface area contributed by atoms with Gasteiger partial charge in [0.15, 0.2) is 0 Å². The number of benzene rings is 1. The Hall–Kier alpha value is -3.94. The number of amides is 3. The van der Waals surface area contributed by atoms with E-state index in [-0.39, 0.29) is 23.6 Å². The highest BCUT2D eigenvalue weighted by atomic mass is 16.3. The van der Waals surface area contributed by atoms with E-state index in [1.54, 1.807) is 24.4 Å². The smallest absolute Gasteiger partial charge is 0.261 e. The summed E-state index contributed by atoms with van der Waals surface area (Å²) in [5, 5.41) is 2.81. The van der Waals surface area contributed by atoms with Crippen molar-refractivity contribution < 1.29 is 18.8 Å². The third-order valence-electron chi connectivity index (χ3n) is 4.85. The standard InChI is InChI=1S/C22H20N4O4/c1-25(2)19-8-5-14(11-23-19)12-24-20(27)15-6-7-17-18(10-15)22(29)26(21(17)28)13-16-4-3-9-30-16/h3-11H,12-13H2,1-2H3,(H,24,27). The number of nitrogens with zero attached hydrogens (tertiary/aromatic N) is 3. The SMILES string of the molecule is CN(C)c1ccc(CNC(=O)c2ccc3c(c2)C(=O)N(Cc2ccco2)C3=O)cn1. The fraction of sp³-hybridized carbons (Fsp3) is 0.182. The van der Waals surface area contributed by atoms with E-state index < -0.39 is 11.8 Å². The highest BCUT2D eigenvalue weighted by Gasteiger charge is 2.36. The Labute approximate surface area is 173 Å². The van der Waals surface area contributed by atoms with Crippen LogP contribution in [0, 0.1) is 0 Å². The van der Waals surface area contributed by atoms with Crippen LogP contribution in [0.4, 0.5) is 5.82 Å². The average Bonchev–Trinajstić information content (AvgIpc) is 3.35. The first-order valence-electron chi connectivity index (χ1n) is 9.37. The topological polar surface area (TPSA) is 95.8 Å². The van der Waals surface area contributed by atoms with E-state index in [0.717, 1.165) is 16.3 Å². The van der Waals surface area contributed by atoms with E-state index in [4.69, 9.17) is 4.42 Å². The molecule has 0 saturated carbocycles. The number of rotatable bonds is 6. The monoisotopic (exact) mass is 404 g/mol. The van der Waals surface area contributed by atoms with Crippen LogP contribution in [-0.4, -0.2) is 41.7 Å². The molecule has 30 heavy (non-hydrogen) atoms. The Morgan fingerprint density at radius 2 is 1.90 bits per heavy atom. The lowest BCUT2D eigenvalue weighted by Crippen LogP contribution is -2.28. The second-order valence-corrected chi connectivity index (χ2v) is 7.14. The summed E-state index contributed by atoms with van der Waals surface area (Å²) in [6.07, 6.45) is 3.19. The minimum absolute atomic E-state index is 0.0524. The molecule has 0 unspecified atom stereocenters. The second-order valence-electron chi connectivity index (χ2n) is 7.14. The normalized spacial score (nSPS) is 12.8. The molecule has 1 N–H and O–H groups in total. The number of carbonyl (C=O) groups is 3. The van der Waals surface area contributed by atoms with Crippen LogP contribution in [0.2, 0.25) is 0 Å². The maximum atomic E-state index is 12.7. The van der Waals surface area contributed by atoms with Crippen molar-refractivity contribution in [2.75, 3.05) is 19.0 Å². The summed E-state index contributed by atoms with van der Waals surface area (Å²) >= 11 is 0. The van der Waals surface area contributed by atoms with Gasteiger partial charge in [0.05, 0.1) is 23.9 Å². The van der Waals surface area contributed by atoms with Crippen molar-refractivity contribution in [1.29, 1.82) is 0 Å². The van der Waals surface area contributed by atoms with E-state index >= 15 is 0 Å². The molecule has 0 aliphatic carbocycles. The van der Waals surface area contributed by atoms with Gasteiger partial charge in [-0.05, 0) is 42.0 Å². The largest absolute Gasteiger partial charge is 0.467 e. The van der Waals surface area contributed by atoms with Gasteiger partial charge in [0.2, 0.25) is 0 Å². The fourth-order valence-corrected chi connectivity index (χ4v) is 3.20. The number of aromatic nitrogens is 1. The summed E-state index contributed by atoms with van der Waals surface area (Å²) in [5.41, 5.74) is 1.67. The van der Waals surface area contributed by atoms with Crippen molar-refractivity contribution in [3.05, 3.63) is 82.9 Å². The molecule has 4 rings (SSSR count). The summed E-state index contributed by atoms with van der Waals surface area (Å²) in [5.74, 6) is 0.163. The molecule has 1 aliphatic rings. The molecule has 0 fully saturated rings. The van der Waals surface area contributed by atoms with E-state index in [1.165, 1.54) is 18.4 Å². The molecule has 3 aromatic rings. The van der Waals surface area contributed by atoms with E-state index in [9.17, 15) is 14.4 Å². The highest BCUT2D eigenvalue weighted by molar-refractivity contribution is 6.22. The average molecular weight is 404 g/mol. The maximum absolute atomic E-state index is 12.7. The van der Waals surface area contributed by atoms with Gasteiger partial charge in [-0.25, -0.2) is 4.98 Å². The summed E-state index contributed by atoms with van der Waals surface area (Å²) < 4.78 is 5.23. The zero-order valence-electron chi connectivity index (χ0n) is 16.6. The molecular weight excluding hydrogens is 384 g/mol. The first-order chi connectivity index (χ1) is 14.4. The molecule has 3 amide bonds. The van der Waals surface area contributed by atoms with Crippen LogP contribution in [0.25, 0.3) is 0 Å². The molecule has 0 spiro atoms. The molecular formula is C22H20N4O4. The Balaban J connectivity index is 1.45. The van der Waals surface area contributed by atoms with Gasteiger partial charge in [-0.2, -0.15) is 0 Å². The van der Waals surface area contributed by atoms with Crippen molar-refractivity contribution in [3.63, 3.8) is 0 Å². The minimum Gasteiger partial charge on any atom is -0.467 e. The number of furan rings is 1. The molecule has 152 valence electrons. The summed E-state index contributed by atoms with van der Waals surface area (Å²) in [6, 6.07) is 11.7. The molecule has 0 saturated heterocycles. The van der Waals surface area contributed by atoms with Crippen molar-refractivity contribution >= 4 is 23.5 Å². The van der Waals surface area contributed by atoms with Crippen molar-refractivity contribution in [1.82, 2.24) is 15.2 Å². The van der Waals surface area contributed by atoms with E-state index in [2.05, 4.69) is 10.3 Å². The third kappa shape index (κ3) is 3.67. The predicted molar refractivity (Wildman–Crippen MR) is 109 cm³/mol. The quantitative estimate of drug-likeness (QED) is 0.634. The number of carbonyl (C=O) groups excluding carboxylic acids is 3. The summed E-state index contributed by atoms with van der Waals surface area (Å²) in [6.45, 7) is 0.352. The second kappa shape index (κ2) is 7.82. The van der Waals surface area contributed by atoms with Gasteiger partial charge in [-0.3, -0.25) is 19.3 Å². The van der Waals surface area contributed by atoms with Crippen molar-refractivity contribution in [2.45, 2.75) is 13.1 Å². The lowest BCUT2D eigenvalue weighted by atomic mass is 10.1. The van der Waals surface area contributed by atoms with Gasteiger partial charge in [-0.15, -0.1) is 0 Å². The Kier molecular flexibility index (Phi) is 5.05. The molecule has 8 heteroatoms. The van der Waals surface area contributed by atoms with Crippen molar-refractivity contribution in [2.24, 2.45) is 0 Å². The molecule has 0 atom stereocenters. The summed E-state index contributed by atoms with van der Waals surface area (Å²) in [4.78, 5) is 45.1. The third-order valence-corrected chi connectivity index (χ3v) is 4.85. The van der Waals surface area contributed by atoms with Crippen LogP contribution < -0.4 is 10.2 Å². The molecule has 3 heterocycles. The Morgan fingerprint density at radius 1 is 1.10 bits per heavy atom. The lowest BCUT2D eigenvalue weighted by molar-refractivity contribution is 0.0631. The first-order valence-corrected chi connectivity index (χ1v) is 9.37. The zero-order chi connectivity index (χ0) is 21.3. The number of anilines is 1. The van der Waals surface area contributed by atoms with Gasteiger partial charge in [-0.1, -0.05) is 6.07 Å². The number of nitrogens with one attached hydrogen (secondary N) is 1. The van der Waals surface area contributed by atoms with Gasteiger partial charge >= 0.3 is 0 Å². The maximum Gasteiger partial charge on any atom is 0.261 e. The molecule has 0 bridgehead atoms. The minimum atomic E-state index is -0.440. The van der Waals surface area contributed by atoms with Gasteiger partial charge in [0.25, 0.3) is 17.7 Å². The number of fused-ring (bicyclic) bond motifs is 1. The number of hydrogen-bond donors (Lipinski definition) is 1. The first kappa shape index (κ1) is 19.4. The molecule has 1 aromatic carbocycles. The number of hydrogen-bond acceptors (Lipinski definition) is 6. The zero-order valence-corrected chi connectivity index (χ0v) is 16.6. The molecule has 0 radical (unpaired) electrons. The Bertz CT molecular complexity index is 1100. The van der Waals surface area contributed by atoms with Crippen molar-refractivity contribution in [3.8, 4) is 0 Å². The number of imide groups is 1. The van der Waals surface area contributed by atoms with Crippen LogP contribution in [0.1, 0.15) is 42.4 Å². The van der Waals surface area contributed by atoms with Crippen LogP contribution in [0.3, 0.4) is 0 Å². The van der Waals surface area contributed by atoms with Gasteiger partial charge in [0.1, 0.15) is 11.6 Å². The summed E-state index contributed by atoms with van der Waals surface area (Å²) in [7, 11) is 3.80. The lowest BCUT2D eigenvalue weighted by Gasteiger charge is -2.11. The molecule has 1 aliphatic heterocycles. The van der Waals surface area contributed by atoms with Gasteiger partial charge < -0.3 is 14.6 Å². The fourth-order valence-electron chi connectivity index (χ4n) is 3.20. The Morgan fingerprint density at radius 3 is 2.57 bits per heavy atom. The molecule has 8 nitrogen and oxygen atoms in total. The molecule has 2 aromatic heterocycles. The highest BCUT2D eigenvalue weighted by Crippen LogP contribution is 2.26. The van der Waals surface area contributed by atoms with Crippen LogP contribution in [0.15, 0.2) is 59.3 Å². The van der Waals surface area contributed by atoms with E-state index in [1.807, 2.05) is 31.1 Å². The van der Waals surface area contributed by atoms with Gasteiger partial charge in [0, 0.05) is 32.4 Å². The van der Waals surface area contributed by atoms with Crippen LogP contribution in [-0.2, 0) is 13.1 Å². The predicted octanol–water partition coefficient (Wildman–Crippen LogP) is 2.47. The number of pyridine rings is 1. The van der Waals surface area contributed by atoms with Crippen LogP contribution in [0.5, 0.6) is 0 Å². The van der Waals surface area contributed by atoms with E-state index in [0.29, 0.717) is 17.9 Å².